The second kappa shape index (κ2) is 3.60. The van der Waals surface area contributed by atoms with Crippen molar-refractivity contribution in [2.75, 3.05) is 12.8 Å². The molecule has 0 saturated carbocycles. The van der Waals surface area contributed by atoms with Gasteiger partial charge in [0.15, 0.2) is 5.58 Å². The fourth-order valence-electron chi connectivity index (χ4n) is 1.57. The first-order valence-corrected chi connectivity index (χ1v) is 6.17. The van der Waals surface area contributed by atoms with Gasteiger partial charge < -0.3 is 10.2 Å². The second-order valence-electron chi connectivity index (χ2n) is 3.49. The molecule has 0 aliphatic carbocycles. The summed E-state index contributed by atoms with van der Waals surface area (Å²) < 4.78 is 31.5. The summed E-state index contributed by atoms with van der Waals surface area (Å²) in [6.07, 6.45) is 0. The molecule has 1 aromatic carbocycles. The number of rotatable bonds is 2. The SMILES string of the molecule is CNS(=O)(=O)c1cc(N)c2c(c1)oc(=O)n2C. The van der Waals surface area contributed by atoms with Gasteiger partial charge in [0, 0.05) is 13.1 Å². The van der Waals surface area contributed by atoms with E-state index in [1.54, 1.807) is 0 Å². The van der Waals surface area contributed by atoms with E-state index in [1.165, 1.54) is 30.8 Å². The van der Waals surface area contributed by atoms with Crippen molar-refractivity contribution in [3.63, 3.8) is 0 Å². The molecule has 0 fully saturated rings. The van der Waals surface area contributed by atoms with Gasteiger partial charge in [-0.3, -0.25) is 4.57 Å². The number of nitrogens with two attached hydrogens (primary N) is 1. The van der Waals surface area contributed by atoms with Gasteiger partial charge in [-0.25, -0.2) is 17.9 Å². The molecule has 0 spiro atoms. The second-order valence-corrected chi connectivity index (χ2v) is 5.38. The number of benzene rings is 1. The topological polar surface area (TPSA) is 107 Å². The van der Waals surface area contributed by atoms with Gasteiger partial charge in [0.05, 0.1) is 10.6 Å². The monoisotopic (exact) mass is 257 g/mol. The Kier molecular flexibility index (Phi) is 2.48. The van der Waals surface area contributed by atoms with Gasteiger partial charge in [0.25, 0.3) is 0 Å². The molecule has 0 saturated heterocycles. The lowest BCUT2D eigenvalue weighted by Crippen LogP contribution is -2.18. The Bertz CT molecular complexity index is 741. The van der Waals surface area contributed by atoms with E-state index < -0.39 is 15.8 Å². The Morgan fingerprint density at radius 3 is 2.65 bits per heavy atom. The number of fused-ring (bicyclic) bond motifs is 1. The summed E-state index contributed by atoms with van der Waals surface area (Å²) in [6, 6.07) is 2.54. The van der Waals surface area contributed by atoms with E-state index in [0.29, 0.717) is 5.52 Å². The summed E-state index contributed by atoms with van der Waals surface area (Å²) in [5.41, 5.74) is 6.41. The van der Waals surface area contributed by atoms with Crippen LogP contribution in [0.2, 0.25) is 0 Å². The maximum atomic E-state index is 11.6. The van der Waals surface area contributed by atoms with E-state index in [0.717, 1.165) is 0 Å². The molecule has 3 N–H and O–H groups in total. The van der Waals surface area contributed by atoms with Crippen LogP contribution in [0.3, 0.4) is 0 Å². The third-order valence-corrected chi connectivity index (χ3v) is 3.86. The molecule has 0 aliphatic heterocycles. The number of nitrogen functional groups attached to an aromatic ring is 1. The third-order valence-electron chi connectivity index (χ3n) is 2.46. The molecule has 0 aliphatic rings. The Hall–Kier alpha value is -1.80. The van der Waals surface area contributed by atoms with E-state index >= 15 is 0 Å². The number of oxazole rings is 1. The standard InChI is InChI=1S/C9H11N3O4S/c1-11-17(14,15)5-3-6(10)8-7(4-5)16-9(13)12(8)2/h3-4,11H,10H2,1-2H3. The molecular weight excluding hydrogens is 246 g/mol. The number of aromatic nitrogens is 1. The fraction of sp³-hybridized carbons (Fsp3) is 0.222. The maximum absolute atomic E-state index is 11.6. The van der Waals surface area contributed by atoms with Crippen LogP contribution in [0, 0.1) is 0 Å². The molecule has 2 aromatic rings. The number of anilines is 1. The Morgan fingerprint density at radius 1 is 1.41 bits per heavy atom. The van der Waals surface area contributed by atoms with Crippen LogP contribution < -0.4 is 16.2 Å². The highest BCUT2D eigenvalue weighted by atomic mass is 32.2. The van der Waals surface area contributed by atoms with Gasteiger partial charge in [0.2, 0.25) is 10.0 Å². The largest absolute Gasteiger partial charge is 0.419 e. The summed E-state index contributed by atoms with van der Waals surface area (Å²) in [7, 11) is -0.832. The third kappa shape index (κ3) is 1.71. The molecule has 0 atom stereocenters. The van der Waals surface area contributed by atoms with Crippen molar-refractivity contribution < 1.29 is 12.8 Å². The van der Waals surface area contributed by atoms with Crippen LogP contribution in [0.25, 0.3) is 11.1 Å². The average Bonchev–Trinajstić information content (AvgIpc) is 2.55. The van der Waals surface area contributed by atoms with Crippen molar-refractivity contribution in [3.8, 4) is 0 Å². The van der Waals surface area contributed by atoms with Crippen LogP contribution in [-0.2, 0) is 17.1 Å². The van der Waals surface area contributed by atoms with Crippen molar-refractivity contribution in [1.29, 1.82) is 0 Å². The van der Waals surface area contributed by atoms with E-state index in [4.69, 9.17) is 10.2 Å². The molecule has 0 amide bonds. The van der Waals surface area contributed by atoms with Crippen LogP contribution in [0.15, 0.2) is 26.2 Å². The highest BCUT2D eigenvalue weighted by molar-refractivity contribution is 7.89. The minimum absolute atomic E-state index is 0.0423. The Labute approximate surface area is 96.9 Å². The molecule has 7 nitrogen and oxygen atoms in total. The van der Waals surface area contributed by atoms with Crippen LogP contribution >= 0.6 is 0 Å². The van der Waals surface area contributed by atoms with Crippen molar-refractivity contribution >= 4 is 26.8 Å². The van der Waals surface area contributed by atoms with E-state index in [2.05, 4.69) is 4.72 Å². The molecule has 92 valence electrons. The lowest BCUT2D eigenvalue weighted by atomic mass is 10.3. The van der Waals surface area contributed by atoms with Crippen LogP contribution in [0.1, 0.15) is 0 Å². The fourth-order valence-corrected chi connectivity index (χ4v) is 2.35. The summed E-state index contributed by atoms with van der Waals surface area (Å²) in [5, 5.41) is 0. The Balaban J connectivity index is 2.87. The average molecular weight is 257 g/mol. The van der Waals surface area contributed by atoms with E-state index in [9.17, 15) is 13.2 Å². The van der Waals surface area contributed by atoms with Crippen molar-refractivity contribution in [2.45, 2.75) is 4.90 Å². The predicted octanol–water partition coefficient (Wildman–Crippen LogP) is -0.378. The van der Waals surface area contributed by atoms with E-state index in [-0.39, 0.29) is 16.2 Å². The Morgan fingerprint density at radius 2 is 2.06 bits per heavy atom. The van der Waals surface area contributed by atoms with Gasteiger partial charge in [-0.05, 0) is 13.1 Å². The highest BCUT2D eigenvalue weighted by Crippen LogP contribution is 2.24. The minimum atomic E-state index is -3.62. The number of nitrogens with zero attached hydrogens (tertiary/aromatic N) is 1. The number of sulfonamides is 1. The summed E-state index contributed by atoms with van der Waals surface area (Å²) >= 11 is 0. The first-order chi connectivity index (χ1) is 7.86. The number of aryl methyl sites for hydroxylation is 1. The molecule has 0 unspecified atom stereocenters. The number of hydrogen-bond acceptors (Lipinski definition) is 5. The summed E-state index contributed by atoms with van der Waals surface area (Å²) in [4.78, 5) is 11.3. The lowest BCUT2D eigenvalue weighted by Gasteiger charge is -2.04. The van der Waals surface area contributed by atoms with Crippen molar-refractivity contribution in [1.82, 2.24) is 9.29 Å². The molecule has 0 radical (unpaired) electrons. The molecule has 8 heteroatoms. The predicted molar refractivity (Wildman–Crippen MR) is 62.1 cm³/mol. The van der Waals surface area contributed by atoms with Gasteiger partial charge in [-0.15, -0.1) is 0 Å². The van der Waals surface area contributed by atoms with Gasteiger partial charge >= 0.3 is 5.76 Å². The number of hydrogen-bond donors (Lipinski definition) is 2. The van der Waals surface area contributed by atoms with Crippen LogP contribution in [-0.4, -0.2) is 20.0 Å². The maximum Gasteiger partial charge on any atom is 0.419 e. The quantitative estimate of drug-likeness (QED) is 0.713. The van der Waals surface area contributed by atoms with E-state index in [1.807, 2.05) is 0 Å². The normalized spacial score (nSPS) is 12.1. The van der Waals surface area contributed by atoms with Crippen LogP contribution in [0.5, 0.6) is 0 Å². The number of nitrogens with one attached hydrogen (secondary N) is 1. The molecule has 2 rings (SSSR count). The summed E-state index contributed by atoms with van der Waals surface area (Å²) in [5.74, 6) is -0.592. The van der Waals surface area contributed by atoms with Gasteiger partial charge in [-0.1, -0.05) is 0 Å². The lowest BCUT2D eigenvalue weighted by molar-refractivity contribution is 0.527. The molecule has 1 aromatic heterocycles. The van der Waals surface area contributed by atoms with Crippen LogP contribution in [0.4, 0.5) is 5.69 Å². The smallest absolute Gasteiger partial charge is 0.408 e. The molecular formula is C9H11N3O4S. The molecule has 17 heavy (non-hydrogen) atoms. The first-order valence-electron chi connectivity index (χ1n) is 4.69. The van der Waals surface area contributed by atoms with Crippen molar-refractivity contribution in [2.24, 2.45) is 7.05 Å². The zero-order chi connectivity index (χ0) is 12.8. The first kappa shape index (κ1) is 11.7. The molecule has 0 bridgehead atoms. The molecule has 1 heterocycles. The van der Waals surface area contributed by atoms with Gasteiger partial charge in [0.1, 0.15) is 5.52 Å². The van der Waals surface area contributed by atoms with Gasteiger partial charge in [-0.2, -0.15) is 0 Å². The zero-order valence-corrected chi connectivity index (χ0v) is 10.0. The minimum Gasteiger partial charge on any atom is -0.408 e. The van der Waals surface area contributed by atoms with Crippen molar-refractivity contribution in [3.05, 3.63) is 22.7 Å². The highest BCUT2D eigenvalue weighted by Gasteiger charge is 2.17. The zero-order valence-electron chi connectivity index (χ0n) is 9.22. The summed E-state index contributed by atoms with van der Waals surface area (Å²) in [6.45, 7) is 0.